The number of rotatable bonds is 5. The van der Waals surface area contributed by atoms with Crippen molar-refractivity contribution < 1.29 is 23.1 Å². The number of carboxylic acid groups (broad SMARTS) is 1. The molecule has 0 radical (unpaired) electrons. The molecule has 26 heavy (non-hydrogen) atoms. The molecule has 2 aromatic carbocycles. The number of sulfone groups is 1. The third-order valence-corrected chi connectivity index (χ3v) is 7.07. The van der Waals surface area contributed by atoms with Gasteiger partial charge in [-0.05, 0) is 36.8 Å². The van der Waals surface area contributed by atoms with Crippen molar-refractivity contribution in [1.29, 1.82) is 5.26 Å². The Morgan fingerprint density at radius 2 is 1.73 bits per heavy atom. The Kier molecular flexibility index (Phi) is 4.24. The van der Waals surface area contributed by atoms with Crippen molar-refractivity contribution in [2.75, 3.05) is 7.11 Å². The van der Waals surface area contributed by atoms with Gasteiger partial charge in [0, 0.05) is 5.92 Å². The number of hydrogen-bond acceptors (Lipinski definition) is 5. The lowest BCUT2D eigenvalue weighted by atomic mass is 10.0. The average Bonchev–Trinajstić information content (AvgIpc) is 3.34. The van der Waals surface area contributed by atoms with Crippen LogP contribution in [-0.4, -0.2) is 31.9 Å². The first-order valence-corrected chi connectivity index (χ1v) is 9.43. The molecule has 1 N–H and O–H groups in total. The van der Waals surface area contributed by atoms with Crippen LogP contribution in [0.15, 0.2) is 53.4 Å². The summed E-state index contributed by atoms with van der Waals surface area (Å²) in [6.07, 6.45) is 0. The summed E-state index contributed by atoms with van der Waals surface area (Å²) in [7, 11) is -2.50. The molecule has 0 aliphatic heterocycles. The van der Waals surface area contributed by atoms with Crippen LogP contribution in [0.25, 0.3) is 0 Å². The predicted molar refractivity (Wildman–Crippen MR) is 93.6 cm³/mol. The molecule has 7 heteroatoms. The van der Waals surface area contributed by atoms with Gasteiger partial charge in [0.15, 0.2) is 15.3 Å². The van der Waals surface area contributed by atoms with E-state index in [1.807, 2.05) is 6.92 Å². The normalized spacial score (nSPS) is 24.5. The SMILES string of the molecule is COc1ccc([C@@H]2[C@H](S(=O)(=O)c3ccc(C)cc3)[C@@]2(C#N)C(=O)O)cc1. The molecule has 1 saturated carbocycles. The number of hydrogen-bond donors (Lipinski definition) is 1. The number of nitrogens with zero attached hydrogens (tertiary/aromatic N) is 1. The van der Waals surface area contributed by atoms with Crippen LogP contribution in [0.1, 0.15) is 17.0 Å². The van der Waals surface area contributed by atoms with E-state index in [4.69, 9.17) is 4.74 Å². The minimum Gasteiger partial charge on any atom is -0.497 e. The fraction of sp³-hybridized carbons (Fsp3) is 0.263. The lowest BCUT2D eigenvalue weighted by Gasteiger charge is -2.05. The zero-order valence-electron chi connectivity index (χ0n) is 14.2. The number of nitriles is 1. The van der Waals surface area contributed by atoms with Crippen LogP contribution >= 0.6 is 0 Å². The van der Waals surface area contributed by atoms with Crippen LogP contribution in [0.4, 0.5) is 0 Å². The van der Waals surface area contributed by atoms with Gasteiger partial charge in [0.05, 0.1) is 18.1 Å². The molecule has 0 heterocycles. The fourth-order valence-corrected chi connectivity index (χ4v) is 5.59. The highest BCUT2D eigenvalue weighted by Crippen LogP contribution is 2.64. The van der Waals surface area contributed by atoms with Crippen molar-refractivity contribution in [1.82, 2.24) is 0 Å². The number of methoxy groups -OCH3 is 1. The van der Waals surface area contributed by atoms with E-state index in [-0.39, 0.29) is 4.90 Å². The minimum absolute atomic E-state index is 0.0185. The van der Waals surface area contributed by atoms with Crippen molar-refractivity contribution in [3.8, 4) is 11.8 Å². The molecule has 0 aromatic heterocycles. The fourth-order valence-electron chi connectivity index (χ4n) is 3.34. The van der Waals surface area contributed by atoms with Gasteiger partial charge in [0.25, 0.3) is 0 Å². The monoisotopic (exact) mass is 371 g/mol. The number of carbonyl (C=O) groups is 1. The lowest BCUT2D eigenvalue weighted by molar-refractivity contribution is -0.141. The van der Waals surface area contributed by atoms with Crippen LogP contribution in [0.5, 0.6) is 5.75 Å². The largest absolute Gasteiger partial charge is 0.497 e. The molecule has 3 rings (SSSR count). The Hall–Kier alpha value is -2.85. The molecule has 0 spiro atoms. The lowest BCUT2D eigenvalue weighted by Crippen LogP contribution is -2.22. The Labute approximate surface area is 151 Å². The summed E-state index contributed by atoms with van der Waals surface area (Å²) in [5.41, 5.74) is -0.634. The van der Waals surface area contributed by atoms with Gasteiger partial charge in [-0.15, -0.1) is 0 Å². The summed E-state index contributed by atoms with van der Waals surface area (Å²) in [4.78, 5) is 11.9. The number of carboxylic acids is 1. The van der Waals surface area contributed by atoms with Crippen LogP contribution in [0.3, 0.4) is 0 Å². The number of aliphatic carboxylic acids is 1. The number of aryl methyl sites for hydroxylation is 1. The quantitative estimate of drug-likeness (QED) is 0.866. The Balaban J connectivity index is 2.10. The summed E-state index contributed by atoms with van der Waals surface area (Å²) in [6.45, 7) is 1.82. The molecule has 1 aliphatic carbocycles. The third-order valence-electron chi connectivity index (χ3n) is 4.83. The molecule has 0 saturated heterocycles. The summed E-state index contributed by atoms with van der Waals surface area (Å²) in [5, 5.41) is 17.9. The number of benzene rings is 2. The Morgan fingerprint density at radius 3 is 2.19 bits per heavy atom. The summed E-state index contributed by atoms with van der Waals surface area (Å²) < 4.78 is 31.2. The first-order chi connectivity index (χ1) is 12.3. The van der Waals surface area contributed by atoms with Gasteiger partial charge in [-0.25, -0.2) is 8.42 Å². The maximum atomic E-state index is 13.1. The van der Waals surface area contributed by atoms with Gasteiger partial charge >= 0.3 is 5.97 Å². The topological polar surface area (TPSA) is 104 Å². The van der Waals surface area contributed by atoms with Gasteiger partial charge in [0.1, 0.15) is 11.0 Å². The zero-order valence-corrected chi connectivity index (χ0v) is 15.0. The standard InChI is InChI=1S/C19H17NO5S/c1-12-3-9-15(10-4-12)26(23,24)17-16(19(17,11-20)18(21)22)13-5-7-14(25-2)8-6-13/h3-10,16-17H,1-2H3,(H,21,22)/t16-,17+,19+/m1/s1. The van der Waals surface area contributed by atoms with E-state index < -0.39 is 32.4 Å². The van der Waals surface area contributed by atoms with Crippen LogP contribution < -0.4 is 4.74 Å². The molecule has 0 amide bonds. The van der Waals surface area contributed by atoms with Crippen molar-refractivity contribution in [2.45, 2.75) is 23.0 Å². The van der Waals surface area contributed by atoms with Crippen molar-refractivity contribution in [3.63, 3.8) is 0 Å². The second-order valence-corrected chi connectivity index (χ2v) is 8.38. The average molecular weight is 371 g/mol. The minimum atomic E-state index is -3.99. The molecule has 0 bridgehead atoms. The highest BCUT2D eigenvalue weighted by molar-refractivity contribution is 7.92. The van der Waals surface area contributed by atoms with E-state index in [1.54, 1.807) is 42.5 Å². The molecule has 0 unspecified atom stereocenters. The molecule has 2 aromatic rings. The molecule has 6 nitrogen and oxygen atoms in total. The second kappa shape index (κ2) is 6.15. The van der Waals surface area contributed by atoms with E-state index >= 15 is 0 Å². The van der Waals surface area contributed by atoms with E-state index in [0.717, 1.165) is 5.56 Å². The van der Waals surface area contributed by atoms with E-state index in [2.05, 4.69) is 0 Å². The van der Waals surface area contributed by atoms with E-state index in [9.17, 15) is 23.6 Å². The molecule has 3 atom stereocenters. The van der Waals surface area contributed by atoms with E-state index in [0.29, 0.717) is 11.3 Å². The highest BCUT2D eigenvalue weighted by atomic mass is 32.2. The summed E-state index contributed by atoms with van der Waals surface area (Å²) in [6, 6.07) is 14.4. The van der Waals surface area contributed by atoms with Gasteiger partial charge in [0.2, 0.25) is 0 Å². The van der Waals surface area contributed by atoms with Gasteiger partial charge in [-0.1, -0.05) is 29.8 Å². The third kappa shape index (κ3) is 2.54. The van der Waals surface area contributed by atoms with Crippen molar-refractivity contribution >= 4 is 15.8 Å². The maximum absolute atomic E-state index is 13.1. The zero-order chi connectivity index (χ0) is 19.1. The van der Waals surface area contributed by atoms with Gasteiger partial charge < -0.3 is 9.84 Å². The van der Waals surface area contributed by atoms with Crippen molar-refractivity contribution in [2.24, 2.45) is 5.41 Å². The van der Waals surface area contributed by atoms with E-state index in [1.165, 1.54) is 19.2 Å². The molecule has 1 fully saturated rings. The van der Waals surface area contributed by atoms with Crippen LogP contribution in [-0.2, 0) is 14.6 Å². The summed E-state index contributed by atoms with van der Waals surface area (Å²) in [5.74, 6) is -1.81. The van der Waals surface area contributed by atoms with Crippen molar-refractivity contribution in [3.05, 3.63) is 59.7 Å². The number of ether oxygens (including phenoxy) is 1. The maximum Gasteiger partial charge on any atom is 0.326 e. The second-order valence-electron chi connectivity index (χ2n) is 6.32. The van der Waals surface area contributed by atoms with Crippen LogP contribution in [0.2, 0.25) is 0 Å². The summed E-state index contributed by atoms with van der Waals surface area (Å²) >= 11 is 0. The van der Waals surface area contributed by atoms with Crippen LogP contribution in [0, 0.1) is 23.7 Å². The Bertz CT molecular complexity index is 990. The highest BCUT2D eigenvalue weighted by Gasteiger charge is 2.77. The molecular formula is C19H17NO5S. The molecule has 1 aliphatic rings. The smallest absolute Gasteiger partial charge is 0.326 e. The molecule has 134 valence electrons. The first kappa shape index (κ1) is 18.0. The predicted octanol–water partition coefficient (Wildman–Crippen LogP) is 2.54. The first-order valence-electron chi connectivity index (χ1n) is 7.88. The van der Waals surface area contributed by atoms with Gasteiger partial charge in [-0.2, -0.15) is 5.26 Å². The Morgan fingerprint density at radius 1 is 1.15 bits per heavy atom. The molecular weight excluding hydrogens is 354 g/mol. The van der Waals surface area contributed by atoms with Gasteiger partial charge in [-0.3, -0.25) is 4.79 Å².